The van der Waals surface area contributed by atoms with Crippen molar-refractivity contribution < 1.29 is 14.3 Å². The van der Waals surface area contributed by atoms with Crippen molar-refractivity contribution in [1.82, 2.24) is 0 Å². The Hall–Kier alpha value is -2.82. The molecule has 2 aromatic carbocycles. The number of nitrogens with one attached hydrogen (secondary N) is 1. The summed E-state index contributed by atoms with van der Waals surface area (Å²) in [6.07, 6.45) is 1.50. The fourth-order valence-electron chi connectivity index (χ4n) is 3.16. The number of nitrogens with zero attached hydrogens (tertiary/aromatic N) is 1. The molecule has 2 amide bonds. The van der Waals surface area contributed by atoms with Gasteiger partial charge in [0.15, 0.2) is 6.61 Å². The Morgan fingerprint density at radius 1 is 1.15 bits per heavy atom. The van der Waals surface area contributed by atoms with Crippen molar-refractivity contribution in [2.45, 2.75) is 33.6 Å². The Balaban J connectivity index is 1.61. The molecular formula is C21H24N2O3. The van der Waals surface area contributed by atoms with E-state index in [0.29, 0.717) is 12.1 Å². The van der Waals surface area contributed by atoms with Gasteiger partial charge < -0.3 is 15.0 Å². The predicted molar refractivity (Wildman–Crippen MR) is 103 cm³/mol. The number of hydrogen-bond donors (Lipinski definition) is 1. The van der Waals surface area contributed by atoms with Crippen LogP contribution in [0, 0.1) is 20.8 Å². The van der Waals surface area contributed by atoms with E-state index in [2.05, 4.69) is 5.32 Å². The molecule has 1 aliphatic heterocycles. The van der Waals surface area contributed by atoms with Crippen molar-refractivity contribution in [2.24, 2.45) is 0 Å². The number of hydrogen-bond acceptors (Lipinski definition) is 3. The van der Waals surface area contributed by atoms with Crippen LogP contribution in [0.15, 0.2) is 36.4 Å². The quantitative estimate of drug-likeness (QED) is 0.891. The molecule has 26 heavy (non-hydrogen) atoms. The summed E-state index contributed by atoms with van der Waals surface area (Å²) < 4.78 is 5.64. The molecule has 1 N–H and O–H groups in total. The van der Waals surface area contributed by atoms with Gasteiger partial charge in [0.05, 0.1) is 0 Å². The van der Waals surface area contributed by atoms with Crippen molar-refractivity contribution in [3.05, 3.63) is 53.1 Å². The summed E-state index contributed by atoms with van der Waals surface area (Å²) in [4.78, 5) is 25.9. The highest BCUT2D eigenvalue weighted by molar-refractivity contribution is 5.97. The lowest BCUT2D eigenvalue weighted by Crippen LogP contribution is -2.25. The molecule has 0 unspecified atom stereocenters. The summed E-state index contributed by atoms with van der Waals surface area (Å²) in [7, 11) is 0. The first kappa shape index (κ1) is 18.0. The first-order chi connectivity index (χ1) is 12.5. The number of rotatable bonds is 5. The van der Waals surface area contributed by atoms with Crippen LogP contribution in [-0.4, -0.2) is 25.0 Å². The van der Waals surface area contributed by atoms with E-state index in [1.807, 2.05) is 62.1 Å². The minimum atomic E-state index is -0.213. The molecule has 1 fully saturated rings. The molecule has 5 nitrogen and oxygen atoms in total. The molecule has 0 bridgehead atoms. The van der Waals surface area contributed by atoms with Gasteiger partial charge in [-0.05, 0) is 68.1 Å². The van der Waals surface area contributed by atoms with E-state index in [9.17, 15) is 9.59 Å². The summed E-state index contributed by atoms with van der Waals surface area (Å²) in [6.45, 7) is 6.65. The van der Waals surface area contributed by atoms with E-state index in [-0.39, 0.29) is 18.4 Å². The van der Waals surface area contributed by atoms with Crippen molar-refractivity contribution >= 4 is 23.2 Å². The SMILES string of the molecule is Cc1cc(NC(=O)COc2cccc(C)c2C)ccc1N1CCCC1=O. The van der Waals surface area contributed by atoms with Gasteiger partial charge in [0.1, 0.15) is 5.75 Å². The number of anilines is 2. The zero-order valence-corrected chi connectivity index (χ0v) is 15.5. The first-order valence-electron chi connectivity index (χ1n) is 8.85. The van der Waals surface area contributed by atoms with E-state index in [1.165, 1.54) is 0 Å². The highest BCUT2D eigenvalue weighted by atomic mass is 16.5. The van der Waals surface area contributed by atoms with Crippen LogP contribution in [0.2, 0.25) is 0 Å². The summed E-state index contributed by atoms with van der Waals surface area (Å²) in [5.74, 6) is 0.668. The van der Waals surface area contributed by atoms with E-state index in [1.54, 1.807) is 0 Å². The van der Waals surface area contributed by atoms with Crippen molar-refractivity contribution in [3.8, 4) is 5.75 Å². The van der Waals surface area contributed by atoms with Crippen LogP contribution in [0.4, 0.5) is 11.4 Å². The predicted octanol–water partition coefficient (Wildman–Crippen LogP) is 3.76. The summed E-state index contributed by atoms with van der Waals surface area (Å²) in [5.41, 5.74) is 4.75. The number of amides is 2. The molecule has 0 spiro atoms. The number of aryl methyl sites for hydroxylation is 2. The number of ether oxygens (including phenoxy) is 1. The van der Waals surface area contributed by atoms with Crippen LogP contribution in [0.25, 0.3) is 0 Å². The maximum absolute atomic E-state index is 12.2. The average Bonchev–Trinajstić information content (AvgIpc) is 3.02. The third kappa shape index (κ3) is 3.87. The molecule has 1 heterocycles. The lowest BCUT2D eigenvalue weighted by atomic mass is 10.1. The lowest BCUT2D eigenvalue weighted by molar-refractivity contribution is -0.118. The first-order valence-corrected chi connectivity index (χ1v) is 8.85. The maximum Gasteiger partial charge on any atom is 0.262 e. The summed E-state index contributed by atoms with van der Waals surface area (Å²) in [5, 5.41) is 2.85. The molecule has 2 aromatic rings. The van der Waals surface area contributed by atoms with Crippen LogP contribution in [0.5, 0.6) is 5.75 Å². The Morgan fingerprint density at radius 2 is 1.96 bits per heavy atom. The van der Waals surface area contributed by atoms with Gasteiger partial charge in [0.2, 0.25) is 5.91 Å². The van der Waals surface area contributed by atoms with Gasteiger partial charge in [-0.2, -0.15) is 0 Å². The standard InChI is InChI=1S/C21H24N2O3/c1-14-6-4-7-19(16(14)3)26-13-20(24)22-17-9-10-18(15(2)12-17)23-11-5-8-21(23)25/h4,6-7,9-10,12H,5,8,11,13H2,1-3H3,(H,22,24). The third-order valence-electron chi connectivity index (χ3n) is 4.76. The molecular weight excluding hydrogens is 328 g/mol. The van der Waals surface area contributed by atoms with E-state index in [4.69, 9.17) is 4.74 Å². The lowest BCUT2D eigenvalue weighted by Gasteiger charge is -2.19. The molecule has 5 heteroatoms. The summed E-state index contributed by atoms with van der Waals surface area (Å²) >= 11 is 0. The van der Waals surface area contributed by atoms with Crippen molar-refractivity contribution in [2.75, 3.05) is 23.4 Å². The zero-order chi connectivity index (χ0) is 18.7. The fourth-order valence-corrected chi connectivity index (χ4v) is 3.16. The Kier molecular flexibility index (Phi) is 5.26. The van der Waals surface area contributed by atoms with Crippen LogP contribution in [0.1, 0.15) is 29.5 Å². The number of carbonyl (C=O) groups excluding carboxylic acids is 2. The average molecular weight is 352 g/mol. The molecule has 0 radical (unpaired) electrons. The number of carbonyl (C=O) groups is 2. The van der Waals surface area contributed by atoms with Crippen molar-refractivity contribution in [3.63, 3.8) is 0 Å². The number of benzene rings is 2. The Morgan fingerprint density at radius 3 is 2.65 bits per heavy atom. The van der Waals surface area contributed by atoms with E-state index >= 15 is 0 Å². The van der Waals surface area contributed by atoms with Crippen LogP contribution >= 0.6 is 0 Å². The summed E-state index contributed by atoms with van der Waals surface area (Å²) in [6, 6.07) is 11.4. The molecule has 1 saturated heterocycles. The van der Waals surface area contributed by atoms with Gasteiger partial charge in [0.25, 0.3) is 5.91 Å². The minimum Gasteiger partial charge on any atom is -0.483 e. The molecule has 0 aromatic heterocycles. The van der Waals surface area contributed by atoms with Crippen LogP contribution in [0.3, 0.4) is 0 Å². The van der Waals surface area contributed by atoms with E-state index in [0.717, 1.165) is 41.1 Å². The highest BCUT2D eigenvalue weighted by Gasteiger charge is 2.23. The topological polar surface area (TPSA) is 58.6 Å². The molecule has 0 aliphatic carbocycles. The largest absolute Gasteiger partial charge is 0.483 e. The fraction of sp³-hybridized carbons (Fsp3) is 0.333. The van der Waals surface area contributed by atoms with Crippen molar-refractivity contribution in [1.29, 1.82) is 0 Å². The van der Waals surface area contributed by atoms with Gasteiger partial charge in [-0.25, -0.2) is 0 Å². The molecule has 3 rings (SSSR count). The smallest absolute Gasteiger partial charge is 0.262 e. The normalized spacial score (nSPS) is 13.8. The molecule has 0 atom stereocenters. The minimum absolute atomic E-state index is 0.0459. The van der Waals surface area contributed by atoms with Gasteiger partial charge in [-0.1, -0.05) is 12.1 Å². The third-order valence-corrected chi connectivity index (χ3v) is 4.76. The second-order valence-corrected chi connectivity index (χ2v) is 6.69. The zero-order valence-electron chi connectivity index (χ0n) is 15.5. The monoisotopic (exact) mass is 352 g/mol. The molecule has 0 saturated carbocycles. The van der Waals surface area contributed by atoms with Gasteiger partial charge in [-0.3, -0.25) is 9.59 Å². The van der Waals surface area contributed by atoms with Gasteiger partial charge >= 0.3 is 0 Å². The van der Waals surface area contributed by atoms with Gasteiger partial charge in [-0.15, -0.1) is 0 Å². The van der Waals surface area contributed by atoms with Crippen LogP contribution in [-0.2, 0) is 9.59 Å². The van der Waals surface area contributed by atoms with Crippen LogP contribution < -0.4 is 15.0 Å². The second kappa shape index (κ2) is 7.60. The second-order valence-electron chi connectivity index (χ2n) is 6.69. The van der Waals surface area contributed by atoms with E-state index < -0.39 is 0 Å². The Bertz CT molecular complexity index is 845. The maximum atomic E-state index is 12.2. The molecule has 136 valence electrons. The highest BCUT2D eigenvalue weighted by Crippen LogP contribution is 2.27. The Labute approximate surface area is 154 Å². The van der Waals surface area contributed by atoms with Gasteiger partial charge in [0, 0.05) is 24.3 Å². The molecule has 1 aliphatic rings.